The molecule has 3 aliphatic rings. The molecule has 0 unspecified atom stereocenters. The van der Waals surface area contributed by atoms with Crippen LogP contribution in [0.4, 0.5) is 8.78 Å². The second kappa shape index (κ2) is 11.7. The lowest BCUT2D eigenvalue weighted by Crippen LogP contribution is -2.44. The molecule has 3 aliphatic heterocycles. The molecule has 204 valence electrons. The third kappa shape index (κ3) is 5.93. The van der Waals surface area contributed by atoms with Crippen molar-refractivity contribution >= 4 is 11.8 Å². The van der Waals surface area contributed by atoms with Crippen LogP contribution in [0.25, 0.3) is 0 Å². The fourth-order valence-corrected chi connectivity index (χ4v) is 6.20. The average molecular weight is 528 g/mol. The zero-order valence-corrected chi connectivity index (χ0v) is 21.8. The van der Waals surface area contributed by atoms with Crippen LogP contribution in [0, 0.1) is 17.6 Å². The van der Waals surface area contributed by atoms with E-state index in [4.69, 9.17) is 9.47 Å². The zero-order chi connectivity index (χ0) is 26.6. The van der Waals surface area contributed by atoms with Crippen LogP contribution in [0.3, 0.4) is 0 Å². The summed E-state index contributed by atoms with van der Waals surface area (Å²) in [6.45, 7) is 2.27. The van der Waals surface area contributed by atoms with E-state index in [1.165, 1.54) is 10.5 Å². The summed E-state index contributed by atoms with van der Waals surface area (Å²) in [4.78, 5) is 30.1. The highest BCUT2D eigenvalue weighted by Crippen LogP contribution is 2.46. The Morgan fingerprint density at radius 1 is 1.11 bits per heavy atom. The van der Waals surface area contributed by atoms with Crippen LogP contribution in [-0.2, 0) is 16.0 Å². The number of hydrogen-bond acceptors (Lipinski definition) is 5. The van der Waals surface area contributed by atoms with Crippen LogP contribution in [0.15, 0.2) is 36.4 Å². The molecule has 4 bridgehead atoms. The molecule has 38 heavy (non-hydrogen) atoms. The van der Waals surface area contributed by atoms with Crippen LogP contribution in [0.5, 0.6) is 11.5 Å². The van der Waals surface area contributed by atoms with E-state index in [1.807, 2.05) is 6.07 Å². The van der Waals surface area contributed by atoms with Gasteiger partial charge in [-0.25, -0.2) is 8.78 Å². The fourth-order valence-electron chi connectivity index (χ4n) is 6.20. The van der Waals surface area contributed by atoms with Gasteiger partial charge in [0.15, 0.2) is 11.5 Å². The van der Waals surface area contributed by atoms with Crippen LogP contribution in [-0.4, -0.2) is 67.6 Å². The normalized spacial score (nSPS) is 24.4. The average Bonchev–Trinajstić information content (AvgIpc) is 3.48. The highest BCUT2D eigenvalue weighted by molar-refractivity contribution is 5.85. The molecule has 9 heteroatoms. The number of carbonyl (C=O) groups excluding carboxylic acids is 2. The minimum absolute atomic E-state index is 0.0884. The number of amides is 2. The van der Waals surface area contributed by atoms with Crippen LogP contribution < -0.4 is 14.8 Å². The summed E-state index contributed by atoms with van der Waals surface area (Å²) in [5.74, 6) is -0.307. The Bertz CT molecular complexity index is 1160. The van der Waals surface area contributed by atoms with Crippen LogP contribution in [0.1, 0.15) is 49.3 Å². The van der Waals surface area contributed by atoms with Crippen molar-refractivity contribution in [1.29, 1.82) is 0 Å². The number of nitrogens with zero attached hydrogens (tertiary/aromatic N) is 2. The van der Waals surface area contributed by atoms with Gasteiger partial charge in [-0.3, -0.25) is 14.5 Å². The predicted molar refractivity (Wildman–Crippen MR) is 138 cm³/mol. The first-order valence-electron chi connectivity index (χ1n) is 13.5. The topological polar surface area (TPSA) is 71.1 Å². The molecule has 0 spiro atoms. The van der Waals surface area contributed by atoms with Crippen molar-refractivity contribution in [2.24, 2.45) is 5.92 Å². The number of methoxy groups -OCH3 is 1. The van der Waals surface area contributed by atoms with Gasteiger partial charge in [-0.05, 0) is 80.0 Å². The van der Waals surface area contributed by atoms with Crippen molar-refractivity contribution in [1.82, 2.24) is 15.1 Å². The van der Waals surface area contributed by atoms with Crippen LogP contribution in [0.2, 0.25) is 0 Å². The molecule has 1 N–H and O–H groups in total. The monoisotopic (exact) mass is 527 g/mol. The van der Waals surface area contributed by atoms with Crippen molar-refractivity contribution in [2.45, 2.75) is 50.6 Å². The molecule has 2 aromatic carbocycles. The van der Waals surface area contributed by atoms with Crippen molar-refractivity contribution < 1.29 is 27.8 Å². The Kier molecular flexibility index (Phi) is 8.12. The summed E-state index contributed by atoms with van der Waals surface area (Å²) >= 11 is 0. The maximum Gasteiger partial charge on any atom is 0.239 e. The molecule has 0 saturated carbocycles. The van der Waals surface area contributed by atoms with Crippen molar-refractivity contribution in [3.05, 3.63) is 59.2 Å². The van der Waals surface area contributed by atoms with Gasteiger partial charge in [0.1, 0.15) is 11.6 Å². The summed E-state index contributed by atoms with van der Waals surface area (Å²) in [5, 5.41) is 3.07. The van der Waals surface area contributed by atoms with E-state index in [1.54, 1.807) is 7.11 Å². The van der Waals surface area contributed by atoms with Gasteiger partial charge >= 0.3 is 0 Å². The minimum Gasteiger partial charge on any atom is -0.493 e. The smallest absolute Gasteiger partial charge is 0.239 e. The van der Waals surface area contributed by atoms with Gasteiger partial charge in [-0.1, -0.05) is 6.07 Å². The molecule has 0 aliphatic carbocycles. The fraction of sp³-hybridized carbons (Fsp3) is 0.517. The Morgan fingerprint density at radius 3 is 2.71 bits per heavy atom. The Morgan fingerprint density at radius 2 is 1.92 bits per heavy atom. The van der Waals surface area contributed by atoms with E-state index in [2.05, 4.69) is 22.3 Å². The lowest BCUT2D eigenvalue weighted by molar-refractivity contribution is -0.135. The quantitative estimate of drug-likeness (QED) is 0.657. The SMILES string of the molecule is COc1ccc2cc1OCCCCN(C(=O)Cc1cc(F)cc(F)c1)CC(=O)NC[C@H]1C[C@H]2N2CCC[C@@H]12. The van der Waals surface area contributed by atoms with Crippen molar-refractivity contribution in [3.8, 4) is 11.5 Å². The third-order valence-electron chi connectivity index (χ3n) is 7.99. The molecular formula is C29H35F2N3O4. The van der Waals surface area contributed by atoms with E-state index in [0.29, 0.717) is 56.0 Å². The Balaban J connectivity index is 1.34. The summed E-state index contributed by atoms with van der Waals surface area (Å²) in [6, 6.07) is 9.90. The molecule has 0 radical (unpaired) electrons. The molecular weight excluding hydrogens is 492 g/mol. The van der Waals surface area contributed by atoms with E-state index in [0.717, 1.165) is 44.0 Å². The van der Waals surface area contributed by atoms with E-state index in [9.17, 15) is 18.4 Å². The number of nitrogens with one attached hydrogen (secondary N) is 1. The summed E-state index contributed by atoms with van der Waals surface area (Å²) in [5.41, 5.74) is 1.45. The molecule has 2 aromatic rings. The largest absolute Gasteiger partial charge is 0.493 e. The molecule has 2 fully saturated rings. The number of fused-ring (bicyclic) bond motifs is 8. The highest BCUT2D eigenvalue weighted by atomic mass is 19.1. The Labute approximate surface area is 222 Å². The highest BCUT2D eigenvalue weighted by Gasteiger charge is 2.44. The van der Waals surface area contributed by atoms with Gasteiger partial charge in [-0.2, -0.15) is 0 Å². The van der Waals surface area contributed by atoms with E-state index < -0.39 is 11.6 Å². The maximum atomic E-state index is 13.7. The molecule has 3 heterocycles. The number of ether oxygens (including phenoxy) is 2. The molecule has 0 aromatic heterocycles. The van der Waals surface area contributed by atoms with E-state index in [-0.39, 0.29) is 36.4 Å². The lowest BCUT2D eigenvalue weighted by Gasteiger charge is -2.25. The summed E-state index contributed by atoms with van der Waals surface area (Å²) < 4.78 is 39.0. The zero-order valence-electron chi connectivity index (χ0n) is 21.8. The molecule has 3 atom stereocenters. The first-order valence-corrected chi connectivity index (χ1v) is 13.5. The number of carbonyl (C=O) groups is 2. The van der Waals surface area contributed by atoms with Gasteiger partial charge in [0.05, 0.1) is 26.7 Å². The lowest BCUT2D eigenvalue weighted by atomic mass is 9.94. The van der Waals surface area contributed by atoms with Gasteiger partial charge in [-0.15, -0.1) is 0 Å². The molecule has 5 rings (SSSR count). The first kappa shape index (κ1) is 26.4. The number of hydrogen-bond donors (Lipinski definition) is 1. The molecule has 7 nitrogen and oxygen atoms in total. The number of halogens is 2. The molecule has 2 amide bonds. The van der Waals surface area contributed by atoms with Gasteiger partial charge in [0.2, 0.25) is 11.8 Å². The first-order chi connectivity index (χ1) is 18.4. The number of rotatable bonds is 3. The predicted octanol–water partition coefficient (Wildman–Crippen LogP) is 3.86. The summed E-state index contributed by atoms with van der Waals surface area (Å²) in [7, 11) is 1.63. The third-order valence-corrected chi connectivity index (χ3v) is 7.99. The standard InChI is InChI=1S/C29H35F2N3O4/c1-37-26-7-6-20-15-27(26)38-10-3-2-8-33(29(36)13-19-11-22(30)16-23(31)12-19)18-28(35)32-17-21-14-25(20)34-9-4-5-24(21)34/h6-7,11-12,15-16,21,24-25H,2-5,8-10,13-14,17-18H2,1H3,(H,32,35)/t21-,24+,25-/m1/s1. The minimum atomic E-state index is -0.731. The summed E-state index contributed by atoms with van der Waals surface area (Å²) in [6.07, 6.45) is 4.26. The Hall–Kier alpha value is -3.20. The van der Waals surface area contributed by atoms with Crippen molar-refractivity contribution in [3.63, 3.8) is 0 Å². The maximum absolute atomic E-state index is 13.7. The van der Waals surface area contributed by atoms with Gasteiger partial charge in [0, 0.05) is 31.2 Å². The molecule has 2 saturated heterocycles. The van der Waals surface area contributed by atoms with Gasteiger partial charge < -0.3 is 19.7 Å². The second-order valence-electron chi connectivity index (χ2n) is 10.5. The number of benzene rings is 2. The van der Waals surface area contributed by atoms with Gasteiger partial charge in [0.25, 0.3) is 0 Å². The van der Waals surface area contributed by atoms with Crippen molar-refractivity contribution in [2.75, 3.05) is 39.9 Å². The van der Waals surface area contributed by atoms with Crippen LogP contribution >= 0.6 is 0 Å². The van der Waals surface area contributed by atoms with E-state index >= 15 is 0 Å². The second-order valence-corrected chi connectivity index (χ2v) is 10.5.